The lowest BCUT2D eigenvalue weighted by Gasteiger charge is -2.12. The second-order valence-electron chi connectivity index (χ2n) is 4.17. The van der Waals surface area contributed by atoms with Gasteiger partial charge in [-0.25, -0.2) is 9.37 Å². The highest BCUT2D eigenvalue weighted by Crippen LogP contribution is 2.22. The molecule has 2 N–H and O–H groups in total. The van der Waals surface area contributed by atoms with Crippen molar-refractivity contribution in [1.82, 2.24) is 10.3 Å². The average Bonchev–Trinajstić information content (AvgIpc) is 2.79. The molecule has 1 amide bonds. The number of aryl methyl sites for hydroxylation is 1. The number of rotatable bonds is 3. The normalized spacial score (nSPS) is 12.2. The number of halogens is 1. The summed E-state index contributed by atoms with van der Waals surface area (Å²) in [5.41, 5.74) is -0.0832. The number of nitrogens with one attached hydrogen (secondary N) is 1. The molecule has 6 heteroatoms. The third-order valence-corrected chi connectivity index (χ3v) is 3.66. The van der Waals surface area contributed by atoms with Crippen molar-refractivity contribution in [3.63, 3.8) is 0 Å². The van der Waals surface area contributed by atoms with Crippen molar-refractivity contribution in [1.29, 1.82) is 0 Å². The molecule has 1 atom stereocenters. The first-order valence-electron chi connectivity index (χ1n) is 5.69. The van der Waals surface area contributed by atoms with Gasteiger partial charge in [-0.1, -0.05) is 0 Å². The molecule has 1 aromatic heterocycles. The molecule has 2 rings (SSSR count). The van der Waals surface area contributed by atoms with Crippen LogP contribution in [-0.2, 0) is 0 Å². The number of thiazole rings is 1. The first-order chi connectivity index (χ1) is 8.97. The summed E-state index contributed by atoms with van der Waals surface area (Å²) in [7, 11) is 0. The summed E-state index contributed by atoms with van der Waals surface area (Å²) in [5, 5.41) is 13.0. The summed E-state index contributed by atoms with van der Waals surface area (Å²) in [6.45, 7) is 3.71. The largest absolute Gasteiger partial charge is 0.507 e. The molecule has 1 aromatic carbocycles. The Labute approximate surface area is 113 Å². The Kier molecular flexibility index (Phi) is 3.80. The van der Waals surface area contributed by atoms with Crippen molar-refractivity contribution in [3.05, 3.63) is 45.7 Å². The minimum absolute atomic E-state index is 0.0832. The number of amides is 1. The summed E-state index contributed by atoms with van der Waals surface area (Å²) >= 11 is 1.48. The van der Waals surface area contributed by atoms with E-state index in [0.717, 1.165) is 28.1 Å². The van der Waals surface area contributed by atoms with Gasteiger partial charge in [0.2, 0.25) is 0 Å². The topological polar surface area (TPSA) is 62.2 Å². The van der Waals surface area contributed by atoms with Crippen molar-refractivity contribution in [3.8, 4) is 5.75 Å². The van der Waals surface area contributed by atoms with E-state index < -0.39 is 11.7 Å². The molecular formula is C13H13FN2O2S. The van der Waals surface area contributed by atoms with Gasteiger partial charge in [-0.05, 0) is 32.0 Å². The number of carbonyl (C=O) groups excluding carboxylic acids is 1. The molecule has 0 bridgehead atoms. The summed E-state index contributed by atoms with van der Waals surface area (Å²) < 4.78 is 13.1. The lowest BCUT2D eigenvalue weighted by Crippen LogP contribution is -2.26. The van der Waals surface area contributed by atoms with E-state index >= 15 is 0 Å². The molecule has 0 radical (unpaired) electrons. The second kappa shape index (κ2) is 5.36. The fourth-order valence-electron chi connectivity index (χ4n) is 1.60. The predicted molar refractivity (Wildman–Crippen MR) is 70.8 cm³/mol. The van der Waals surface area contributed by atoms with Crippen LogP contribution in [0.4, 0.5) is 4.39 Å². The van der Waals surface area contributed by atoms with Crippen molar-refractivity contribution in [2.45, 2.75) is 19.9 Å². The Morgan fingerprint density at radius 3 is 2.89 bits per heavy atom. The van der Waals surface area contributed by atoms with Gasteiger partial charge in [0, 0.05) is 11.1 Å². The molecule has 2 aromatic rings. The number of nitrogens with zero attached hydrogens (tertiary/aromatic N) is 1. The van der Waals surface area contributed by atoms with E-state index in [0.29, 0.717) is 0 Å². The number of carbonyl (C=O) groups is 1. The van der Waals surface area contributed by atoms with Crippen molar-refractivity contribution in [2.75, 3.05) is 0 Å². The number of phenolic OH excluding ortho intramolecular Hbond substituents is 1. The zero-order valence-corrected chi connectivity index (χ0v) is 11.3. The molecule has 0 spiro atoms. The molecule has 0 aliphatic heterocycles. The first kappa shape index (κ1) is 13.5. The van der Waals surface area contributed by atoms with E-state index in [1.807, 2.05) is 6.92 Å². The number of benzene rings is 1. The Bertz CT molecular complexity index is 612. The van der Waals surface area contributed by atoms with Crippen LogP contribution in [0.15, 0.2) is 24.4 Å². The number of aromatic nitrogens is 1. The highest BCUT2D eigenvalue weighted by Gasteiger charge is 2.17. The smallest absolute Gasteiger partial charge is 0.255 e. The number of hydrogen-bond donors (Lipinski definition) is 2. The molecule has 0 saturated carbocycles. The first-order valence-corrected chi connectivity index (χ1v) is 6.50. The molecule has 0 fully saturated rings. The van der Waals surface area contributed by atoms with Crippen LogP contribution in [0, 0.1) is 12.7 Å². The lowest BCUT2D eigenvalue weighted by atomic mass is 10.1. The Hall–Kier alpha value is -1.95. The van der Waals surface area contributed by atoms with Gasteiger partial charge in [-0.3, -0.25) is 4.79 Å². The fraction of sp³-hybridized carbons (Fsp3) is 0.231. The van der Waals surface area contributed by atoms with E-state index in [1.54, 1.807) is 13.1 Å². The van der Waals surface area contributed by atoms with Crippen LogP contribution in [0.2, 0.25) is 0 Å². The van der Waals surface area contributed by atoms with Crippen molar-refractivity contribution in [2.24, 2.45) is 0 Å². The van der Waals surface area contributed by atoms with Gasteiger partial charge in [-0.2, -0.15) is 0 Å². The monoisotopic (exact) mass is 280 g/mol. The highest BCUT2D eigenvalue weighted by atomic mass is 32.1. The number of phenols is 1. The summed E-state index contributed by atoms with van der Waals surface area (Å²) in [6, 6.07) is 2.96. The average molecular weight is 280 g/mol. The van der Waals surface area contributed by atoms with Gasteiger partial charge in [0.25, 0.3) is 5.91 Å². The van der Waals surface area contributed by atoms with Crippen LogP contribution in [-0.4, -0.2) is 16.0 Å². The lowest BCUT2D eigenvalue weighted by molar-refractivity contribution is 0.0936. The molecule has 0 aliphatic carbocycles. The SMILES string of the molecule is Cc1cnc(C(C)NC(=O)c2cc(F)ccc2O)s1. The maximum Gasteiger partial charge on any atom is 0.255 e. The predicted octanol–water partition coefficient (Wildman–Crippen LogP) is 2.79. The van der Waals surface area contributed by atoms with Crippen LogP contribution in [0.3, 0.4) is 0 Å². The minimum Gasteiger partial charge on any atom is -0.507 e. The maximum atomic E-state index is 13.1. The molecular weight excluding hydrogens is 267 g/mol. The Morgan fingerprint density at radius 2 is 2.26 bits per heavy atom. The summed E-state index contributed by atoms with van der Waals surface area (Å²) in [6.07, 6.45) is 1.72. The summed E-state index contributed by atoms with van der Waals surface area (Å²) in [4.78, 5) is 17.2. The van der Waals surface area contributed by atoms with E-state index in [9.17, 15) is 14.3 Å². The summed E-state index contributed by atoms with van der Waals surface area (Å²) in [5.74, 6) is -1.35. The fourth-order valence-corrected chi connectivity index (χ4v) is 2.38. The van der Waals surface area contributed by atoms with Crippen LogP contribution in [0.5, 0.6) is 5.75 Å². The van der Waals surface area contributed by atoms with Gasteiger partial charge in [0.05, 0.1) is 11.6 Å². The van der Waals surface area contributed by atoms with E-state index in [-0.39, 0.29) is 17.4 Å². The van der Waals surface area contributed by atoms with Gasteiger partial charge in [0.15, 0.2) is 0 Å². The third kappa shape index (κ3) is 3.08. The van der Waals surface area contributed by atoms with Gasteiger partial charge < -0.3 is 10.4 Å². The highest BCUT2D eigenvalue weighted by molar-refractivity contribution is 7.11. The van der Waals surface area contributed by atoms with Gasteiger partial charge in [0.1, 0.15) is 16.6 Å². The van der Waals surface area contributed by atoms with Crippen LogP contribution in [0.1, 0.15) is 33.2 Å². The van der Waals surface area contributed by atoms with Gasteiger partial charge >= 0.3 is 0 Å². The maximum absolute atomic E-state index is 13.1. The second-order valence-corrected chi connectivity index (χ2v) is 5.43. The van der Waals surface area contributed by atoms with E-state index in [1.165, 1.54) is 11.3 Å². The molecule has 1 heterocycles. The zero-order chi connectivity index (χ0) is 14.0. The van der Waals surface area contributed by atoms with Crippen LogP contribution >= 0.6 is 11.3 Å². The standard InChI is InChI=1S/C13H13FN2O2S/c1-7-6-15-13(19-7)8(2)16-12(18)10-5-9(14)3-4-11(10)17/h3-6,8,17H,1-2H3,(H,16,18). The van der Waals surface area contributed by atoms with Crippen LogP contribution in [0.25, 0.3) is 0 Å². The Balaban J connectivity index is 2.15. The van der Waals surface area contributed by atoms with Crippen LogP contribution < -0.4 is 5.32 Å². The van der Waals surface area contributed by atoms with Crippen molar-refractivity contribution >= 4 is 17.2 Å². The minimum atomic E-state index is -0.569. The Morgan fingerprint density at radius 1 is 1.53 bits per heavy atom. The van der Waals surface area contributed by atoms with E-state index in [4.69, 9.17) is 0 Å². The third-order valence-electron chi connectivity index (χ3n) is 2.56. The molecule has 0 aliphatic rings. The molecule has 19 heavy (non-hydrogen) atoms. The molecule has 0 saturated heterocycles. The zero-order valence-electron chi connectivity index (χ0n) is 10.5. The number of hydrogen-bond acceptors (Lipinski definition) is 4. The molecule has 100 valence electrons. The van der Waals surface area contributed by atoms with Crippen molar-refractivity contribution < 1.29 is 14.3 Å². The van der Waals surface area contributed by atoms with E-state index in [2.05, 4.69) is 10.3 Å². The molecule has 4 nitrogen and oxygen atoms in total. The van der Waals surface area contributed by atoms with Gasteiger partial charge in [-0.15, -0.1) is 11.3 Å². The molecule has 1 unspecified atom stereocenters. The quantitative estimate of drug-likeness (QED) is 0.908. The number of aromatic hydroxyl groups is 1.